The van der Waals surface area contributed by atoms with E-state index in [4.69, 9.17) is 0 Å². The third-order valence-corrected chi connectivity index (χ3v) is 4.58. The van der Waals surface area contributed by atoms with Crippen LogP contribution in [-0.2, 0) is 5.60 Å². The number of nitrogens with zero attached hydrogens (tertiary/aromatic N) is 1. The first-order chi connectivity index (χ1) is 8.34. The van der Waals surface area contributed by atoms with Gasteiger partial charge in [0.25, 0.3) is 0 Å². The molecule has 0 aromatic heterocycles. The van der Waals surface area contributed by atoms with Gasteiger partial charge >= 0.3 is 0 Å². The van der Waals surface area contributed by atoms with Gasteiger partial charge in [-0.3, -0.25) is 0 Å². The van der Waals surface area contributed by atoms with E-state index in [1.807, 2.05) is 0 Å². The van der Waals surface area contributed by atoms with E-state index >= 15 is 0 Å². The maximum absolute atomic E-state index is 11.1. The molecule has 1 N–H and O–H groups in total. The fraction of sp³-hybridized carbons (Fsp3) is 0.625. The maximum atomic E-state index is 11.1. The quantitative estimate of drug-likeness (QED) is 0.825. The summed E-state index contributed by atoms with van der Waals surface area (Å²) in [6.07, 6.45) is 0.814. The zero-order valence-corrected chi connectivity index (χ0v) is 12.2. The second kappa shape index (κ2) is 4.67. The van der Waals surface area contributed by atoms with Crippen LogP contribution in [0.3, 0.4) is 0 Å². The molecule has 0 aliphatic carbocycles. The van der Waals surface area contributed by atoms with Gasteiger partial charge in [-0.05, 0) is 45.4 Å². The average molecular weight is 247 g/mol. The van der Waals surface area contributed by atoms with E-state index in [9.17, 15) is 5.11 Å². The molecular formula is C16H25NO. The summed E-state index contributed by atoms with van der Waals surface area (Å²) < 4.78 is 0. The third-order valence-electron chi connectivity index (χ3n) is 4.58. The van der Waals surface area contributed by atoms with Crippen molar-refractivity contribution in [3.05, 3.63) is 34.9 Å². The highest BCUT2D eigenvalue weighted by Crippen LogP contribution is 2.40. The monoisotopic (exact) mass is 247 g/mol. The molecule has 1 heterocycles. The van der Waals surface area contributed by atoms with Gasteiger partial charge in [-0.15, -0.1) is 0 Å². The van der Waals surface area contributed by atoms with Gasteiger partial charge in [-0.1, -0.05) is 30.7 Å². The number of piperidine rings is 1. The summed E-state index contributed by atoms with van der Waals surface area (Å²) in [7, 11) is 2.14. The SMILES string of the molecule is Cc1ccc([C@@]2(O)C[C@H](C)N(C)C[C@H]2C)c(C)c1. The number of benzene rings is 1. The highest BCUT2D eigenvalue weighted by Gasteiger charge is 2.42. The summed E-state index contributed by atoms with van der Waals surface area (Å²) >= 11 is 0. The van der Waals surface area contributed by atoms with Crippen molar-refractivity contribution in [1.29, 1.82) is 0 Å². The molecule has 0 unspecified atom stereocenters. The van der Waals surface area contributed by atoms with Crippen molar-refractivity contribution in [1.82, 2.24) is 4.90 Å². The second-order valence-electron chi connectivity index (χ2n) is 6.14. The molecule has 3 atom stereocenters. The number of likely N-dealkylation sites (tertiary alicyclic amines) is 1. The molecule has 2 rings (SSSR count). The van der Waals surface area contributed by atoms with Gasteiger partial charge in [0, 0.05) is 18.5 Å². The lowest BCUT2D eigenvalue weighted by Crippen LogP contribution is -2.51. The van der Waals surface area contributed by atoms with Gasteiger partial charge in [0.1, 0.15) is 0 Å². The number of aliphatic hydroxyl groups is 1. The van der Waals surface area contributed by atoms with Crippen molar-refractivity contribution in [2.75, 3.05) is 13.6 Å². The molecule has 18 heavy (non-hydrogen) atoms. The Kier molecular flexibility index (Phi) is 3.52. The molecule has 0 spiro atoms. The van der Waals surface area contributed by atoms with Crippen molar-refractivity contribution in [3.8, 4) is 0 Å². The topological polar surface area (TPSA) is 23.5 Å². The van der Waals surface area contributed by atoms with E-state index < -0.39 is 5.60 Å². The molecule has 0 saturated carbocycles. The van der Waals surface area contributed by atoms with Crippen LogP contribution in [-0.4, -0.2) is 29.6 Å². The smallest absolute Gasteiger partial charge is 0.0951 e. The Morgan fingerprint density at radius 2 is 1.94 bits per heavy atom. The van der Waals surface area contributed by atoms with E-state index in [-0.39, 0.29) is 5.92 Å². The van der Waals surface area contributed by atoms with Crippen molar-refractivity contribution < 1.29 is 5.11 Å². The van der Waals surface area contributed by atoms with Crippen LogP contribution in [0.1, 0.15) is 37.0 Å². The highest BCUT2D eigenvalue weighted by molar-refractivity contribution is 5.36. The molecule has 0 amide bonds. The van der Waals surface area contributed by atoms with Crippen LogP contribution in [0.2, 0.25) is 0 Å². The third kappa shape index (κ3) is 2.19. The van der Waals surface area contributed by atoms with Crippen molar-refractivity contribution in [2.45, 2.75) is 45.8 Å². The number of hydrogen-bond acceptors (Lipinski definition) is 2. The van der Waals surface area contributed by atoms with Gasteiger partial charge in [0.2, 0.25) is 0 Å². The molecular weight excluding hydrogens is 222 g/mol. The molecule has 1 aromatic rings. The summed E-state index contributed by atoms with van der Waals surface area (Å²) in [6, 6.07) is 6.81. The number of rotatable bonds is 1. The molecule has 2 heteroatoms. The lowest BCUT2D eigenvalue weighted by Gasteiger charge is -2.46. The predicted octanol–water partition coefficient (Wildman–Crippen LogP) is 2.85. The van der Waals surface area contributed by atoms with Crippen LogP contribution in [0.15, 0.2) is 18.2 Å². The zero-order chi connectivity index (χ0) is 13.5. The number of aryl methyl sites for hydroxylation is 2. The van der Waals surface area contributed by atoms with Crippen molar-refractivity contribution in [3.63, 3.8) is 0 Å². The van der Waals surface area contributed by atoms with Gasteiger partial charge < -0.3 is 10.0 Å². The van der Waals surface area contributed by atoms with E-state index in [2.05, 4.69) is 57.8 Å². The molecule has 0 radical (unpaired) electrons. The van der Waals surface area contributed by atoms with Crippen LogP contribution in [0.4, 0.5) is 0 Å². The van der Waals surface area contributed by atoms with E-state index in [1.54, 1.807) is 0 Å². The van der Waals surface area contributed by atoms with E-state index in [0.717, 1.165) is 18.5 Å². The van der Waals surface area contributed by atoms with Crippen LogP contribution < -0.4 is 0 Å². The molecule has 1 saturated heterocycles. The van der Waals surface area contributed by atoms with Crippen LogP contribution in [0.5, 0.6) is 0 Å². The largest absolute Gasteiger partial charge is 0.385 e. The van der Waals surface area contributed by atoms with Crippen molar-refractivity contribution in [2.24, 2.45) is 5.92 Å². The van der Waals surface area contributed by atoms with Crippen LogP contribution in [0.25, 0.3) is 0 Å². The van der Waals surface area contributed by atoms with Crippen LogP contribution in [0, 0.1) is 19.8 Å². The minimum atomic E-state index is -0.677. The Morgan fingerprint density at radius 3 is 2.56 bits per heavy atom. The molecule has 1 aliphatic rings. The fourth-order valence-electron chi connectivity index (χ4n) is 3.25. The molecule has 1 aromatic carbocycles. The average Bonchev–Trinajstić information content (AvgIpc) is 2.26. The first kappa shape index (κ1) is 13.6. The Bertz CT molecular complexity index is 443. The Hall–Kier alpha value is -0.860. The first-order valence-corrected chi connectivity index (χ1v) is 6.85. The van der Waals surface area contributed by atoms with Crippen LogP contribution >= 0.6 is 0 Å². The molecule has 1 aliphatic heterocycles. The summed E-state index contributed by atoms with van der Waals surface area (Å²) in [4.78, 5) is 2.34. The summed E-state index contributed by atoms with van der Waals surface area (Å²) in [5.41, 5.74) is 2.90. The van der Waals surface area contributed by atoms with Gasteiger partial charge in [-0.25, -0.2) is 0 Å². The lowest BCUT2D eigenvalue weighted by atomic mass is 9.73. The van der Waals surface area contributed by atoms with E-state index in [0.29, 0.717) is 6.04 Å². The van der Waals surface area contributed by atoms with Crippen molar-refractivity contribution >= 4 is 0 Å². The summed E-state index contributed by atoms with van der Waals surface area (Å²) in [6.45, 7) is 9.50. The number of hydrogen-bond donors (Lipinski definition) is 1. The molecule has 100 valence electrons. The molecule has 1 fully saturated rings. The summed E-state index contributed by atoms with van der Waals surface area (Å²) in [5.74, 6) is 0.264. The molecule has 0 bridgehead atoms. The first-order valence-electron chi connectivity index (χ1n) is 6.85. The van der Waals surface area contributed by atoms with Gasteiger partial charge in [0.05, 0.1) is 5.60 Å². The minimum absolute atomic E-state index is 0.264. The minimum Gasteiger partial charge on any atom is -0.385 e. The van der Waals surface area contributed by atoms with E-state index in [1.165, 1.54) is 11.1 Å². The standard InChI is InChI=1S/C16H25NO/c1-11-6-7-15(12(2)8-11)16(18)9-14(4)17(5)10-13(16)3/h6-8,13-14,18H,9-10H2,1-5H3/t13-,14+,16-/m1/s1. The van der Waals surface area contributed by atoms with Gasteiger partial charge in [-0.2, -0.15) is 0 Å². The second-order valence-corrected chi connectivity index (χ2v) is 6.14. The normalized spacial score (nSPS) is 33.7. The fourth-order valence-corrected chi connectivity index (χ4v) is 3.25. The zero-order valence-electron chi connectivity index (χ0n) is 12.2. The maximum Gasteiger partial charge on any atom is 0.0951 e. The molecule has 2 nitrogen and oxygen atoms in total. The Morgan fingerprint density at radius 1 is 1.28 bits per heavy atom. The highest BCUT2D eigenvalue weighted by atomic mass is 16.3. The Labute approximate surface area is 111 Å². The Balaban J connectivity index is 2.40. The predicted molar refractivity (Wildman–Crippen MR) is 75.7 cm³/mol. The summed E-state index contributed by atoms with van der Waals surface area (Å²) in [5, 5.41) is 11.1. The van der Waals surface area contributed by atoms with Gasteiger partial charge in [0.15, 0.2) is 0 Å². The lowest BCUT2D eigenvalue weighted by molar-refractivity contribution is -0.0847.